The first-order valence-electron chi connectivity index (χ1n) is 7.36. The minimum atomic E-state index is -6.25. The molecule has 0 saturated heterocycles. The van der Waals surface area contributed by atoms with E-state index in [1.165, 1.54) is 0 Å². The molecule has 0 aliphatic carbocycles. The van der Waals surface area contributed by atoms with Gasteiger partial charge in [0.25, 0.3) is 0 Å². The van der Waals surface area contributed by atoms with Gasteiger partial charge in [0.15, 0.2) is 0 Å². The molecule has 0 aliphatic rings. The topological polar surface area (TPSA) is 0 Å². The minimum Gasteiger partial charge on any atom is -0.199 e. The van der Waals surface area contributed by atoms with Gasteiger partial charge in [-0.05, 0) is 6.42 Å². The van der Waals surface area contributed by atoms with E-state index in [1.807, 2.05) is 6.92 Å². The molecular formula is C14H22F7I. The summed E-state index contributed by atoms with van der Waals surface area (Å²) in [4.78, 5) is 0. The number of hydrogen-bond acceptors (Lipinski definition) is 0. The summed E-state index contributed by atoms with van der Waals surface area (Å²) >= 11 is 1.55. The molecule has 0 N–H and O–H groups in total. The van der Waals surface area contributed by atoms with Gasteiger partial charge in [0.05, 0.1) is 0 Å². The Morgan fingerprint density at radius 3 is 1.73 bits per heavy atom. The molecule has 0 radical (unpaired) electrons. The number of rotatable bonds is 10. The lowest BCUT2D eigenvalue weighted by Gasteiger charge is -2.34. The van der Waals surface area contributed by atoms with Gasteiger partial charge in [-0.1, -0.05) is 75.0 Å². The summed E-state index contributed by atoms with van der Waals surface area (Å²) in [6.45, 7) is 2.80. The molecule has 0 aliphatic heterocycles. The summed E-state index contributed by atoms with van der Waals surface area (Å²) in [5.41, 5.74) is 0. The smallest absolute Gasteiger partial charge is 0.199 e. The van der Waals surface area contributed by atoms with Crippen LogP contribution in [0.1, 0.15) is 58.8 Å². The van der Waals surface area contributed by atoms with Gasteiger partial charge in [-0.3, -0.25) is 0 Å². The molecule has 2 unspecified atom stereocenters. The van der Waals surface area contributed by atoms with E-state index < -0.39 is 27.9 Å². The van der Waals surface area contributed by atoms with Crippen LogP contribution in [0.5, 0.6) is 0 Å². The Bertz CT molecular complexity index is 315. The maximum absolute atomic E-state index is 13.5. The second-order valence-corrected chi connectivity index (χ2v) is 7.16. The summed E-state index contributed by atoms with van der Waals surface area (Å²) in [6.07, 6.45) is -0.660. The Morgan fingerprint density at radius 1 is 0.818 bits per heavy atom. The molecule has 0 rings (SSSR count). The quantitative estimate of drug-likeness (QED) is 0.145. The van der Waals surface area contributed by atoms with Crippen LogP contribution in [0.25, 0.3) is 0 Å². The second kappa shape index (κ2) is 8.92. The number of unbranched alkanes of at least 4 members (excludes halogenated alkanes) is 5. The van der Waals surface area contributed by atoms with Crippen LogP contribution in [0.3, 0.4) is 0 Å². The van der Waals surface area contributed by atoms with E-state index in [4.69, 9.17) is 0 Å². The molecule has 0 aromatic rings. The first-order valence-corrected chi connectivity index (χ1v) is 8.60. The maximum Gasteiger partial charge on any atom is 0.459 e. The predicted molar refractivity (Wildman–Crippen MR) is 80.9 cm³/mol. The van der Waals surface area contributed by atoms with E-state index in [-0.39, 0.29) is 6.42 Å². The van der Waals surface area contributed by atoms with Crippen molar-refractivity contribution in [1.29, 1.82) is 0 Å². The molecule has 134 valence electrons. The Hall–Kier alpha value is 0.240. The standard InChI is InChI=1S/C14H22F7I/c1-3-4-5-6-7-8-9-11(22)10(2)12(15,16)13(17,18)14(19,20)21/h10-11H,3-9H2,1-2H3. The summed E-state index contributed by atoms with van der Waals surface area (Å²) in [6, 6.07) is 0. The van der Waals surface area contributed by atoms with Gasteiger partial charge in [0.2, 0.25) is 0 Å². The fraction of sp³-hybridized carbons (Fsp3) is 1.00. The molecule has 0 aromatic carbocycles. The predicted octanol–water partition coefficient (Wildman–Crippen LogP) is 7.01. The molecule has 0 saturated carbocycles. The average Bonchev–Trinajstić information content (AvgIpc) is 2.40. The number of halogens is 8. The highest BCUT2D eigenvalue weighted by Gasteiger charge is 2.74. The Kier molecular flexibility index (Phi) is 9.01. The van der Waals surface area contributed by atoms with Gasteiger partial charge in [0.1, 0.15) is 0 Å². The lowest BCUT2D eigenvalue weighted by atomic mass is 9.91. The van der Waals surface area contributed by atoms with Crippen molar-refractivity contribution < 1.29 is 30.7 Å². The lowest BCUT2D eigenvalue weighted by Crippen LogP contribution is -2.56. The van der Waals surface area contributed by atoms with Crippen molar-refractivity contribution in [3.8, 4) is 0 Å². The van der Waals surface area contributed by atoms with Crippen LogP contribution in [0, 0.1) is 5.92 Å². The van der Waals surface area contributed by atoms with E-state index in [2.05, 4.69) is 0 Å². The van der Waals surface area contributed by atoms with Gasteiger partial charge in [-0.15, -0.1) is 0 Å². The van der Waals surface area contributed by atoms with Gasteiger partial charge >= 0.3 is 18.0 Å². The third-order valence-electron chi connectivity index (χ3n) is 3.72. The second-order valence-electron chi connectivity index (χ2n) is 5.56. The van der Waals surface area contributed by atoms with Gasteiger partial charge in [0, 0.05) is 9.84 Å². The lowest BCUT2D eigenvalue weighted by molar-refractivity contribution is -0.364. The maximum atomic E-state index is 13.5. The first kappa shape index (κ1) is 22.2. The summed E-state index contributed by atoms with van der Waals surface area (Å²) in [7, 11) is 0. The highest BCUT2D eigenvalue weighted by molar-refractivity contribution is 14.1. The van der Waals surface area contributed by atoms with Crippen molar-refractivity contribution in [3.63, 3.8) is 0 Å². The third kappa shape index (κ3) is 5.70. The van der Waals surface area contributed by atoms with E-state index >= 15 is 0 Å². The normalized spacial score (nSPS) is 16.6. The van der Waals surface area contributed by atoms with Crippen LogP contribution in [0.15, 0.2) is 0 Å². The fourth-order valence-electron chi connectivity index (χ4n) is 2.07. The van der Waals surface area contributed by atoms with Crippen LogP contribution in [0.2, 0.25) is 0 Å². The molecule has 0 aromatic heterocycles. The summed E-state index contributed by atoms with van der Waals surface area (Å²) in [5, 5.41) is 0. The third-order valence-corrected chi connectivity index (χ3v) is 5.42. The molecule has 8 heteroatoms. The molecule has 2 atom stereocenters. The molecular weight excluding hydrogens is 428 g/mol. The van der Waals surface area contributed by atoms with E-state index in [1.54, 1.807) is 22.6 Å². The Morgan fingerprint density at radius 2 is 1.27 bits per heavy atom. The minimum absolute atomic E-state index is 0.206. The zero-order valence-corrected chi connectivity index (χ0v) is 14.8. The average molecular weight is 450 g/mol. The van der Waals surface area contributed by atoms with Crippen molar-refractivity contribution >= 4 is 22.6 Å². The molecule has 0 amide bonds. The zero-order chi connectivity index (χ0) is 17.6. The number of alkyl halides is 8. The monoisotopic (exact) mass is 450 g/mol. The summed E-state index contributed by atoms with van der Waals surface area (Å²) < 4.78 is 88.5. The fourth-order valence-corrected chi connectivity index (χ4v) is 2.96. The number of hydrogen-bond donors (Lipinski definition) is 0. The van der Waals surface area contributed by atoms with Crippen LogP contribution in [0.4, 0.5) is 30.7 Å². The van der Waals surface area contributed by atoms with Gasteiger partial charge < -0.3 is 0 Å². The SMILES string of the molecule is CCCCCCCCC(I)C(C)C(F)(F)C(F)(F)C(F)(F)F. The van der Waals surface area contributed by atoms with Crippen LogP contribution in [-0.2, 0) is 0 Å². The van der Waals surface area contributed by atoms with Crippen molar-refractivity contribution in [3.05, 3.63) is 0 Å². The van der Waals surface area contributed by atoms with E-state index in [0.717, 1.165) is 39.0 Å². The van der Waals surface area contributed by atoms with Crippen molar-refractivity contribution in [2.75, 3.05) is 0 Å². The summed E-state index contributed by atoms with van der Waals surface area (Å²) in [5.74, 6) is -13.2. The van der Waals surface area contributed by atoms with Crippen molar-refractivity contribution in [1.82, 2.24) is 0 Å². The molecule has 22 heavy (non-hydrogen) atoms. The van der Waals surface area contributed by atoms with Crippen LogP contribution >= 0.6 is 22.6 Å². The molecule has 0 heterocycles. The highest BCUT2D eigenvalue weighted by atomic mass is 127. The zero-order valence-electron chi connectivity index (χ0n) is 12.6. The van der Waals surface area contributed by atoms with Crippen LogP contribution < -0.4 is 0 Å². The Balaban J connectivity index is 4.51. The Labute approximate surface area is 140 Å². The molecule has 0 fully saturated rings. The van der Waals surface area contributed by atoms with E-state index in [9.17, 15) is 30.7 Å². The first-order chi connectivity index (χ1) is 9.89. The van der Waals surface area contributed by atoms with Gasteiger partial charge in [-0.25, -0.2) is 0 Å². The molecule has 0 nitrogen and oxygen atoms in total. The van der Waals surface area contributed by atoms with Crippen molar-refractivity contribution in [2.45, 2.75) is 80.7 Å². The van der Waals surface area contributed by atoms with Crippen molar-refractivity contribution in [2.24, 2.45) is 5.92 Å². The van der Waals surface area contributed by atoms with E-state index in [0.29, 0.717) is 6.42 Å². The largest absolute Gasteiger partial charge is 0.459 e. The molecule has 0 spiro atoms. The highest BCUT2D eigenvalue weighted by Crippen LogP contribution is 2.51. The van der Waals surface area contributed by atoms with Crippen LogP contribution in [-0.4, -0.2) is 21.9 Å². The van der Waals surface area contributed by atoms with Gasteiger partial charge in [-0.2, -0.15) is 30.7 Å². The molecule has 0 bridgehead atoms.